The number of methoxy groups -OCH3 is 1. The van der Waals surface area contributed by atoms with E-state index in [1.165, 1.54) is 112 Å². The normalized spacial score (nSPS) is 10.7. The fraction of sp³-hybridized carbons (Fsp3) is 0.306. The van der Waals surface area contributed by atoms with Gasteiger partial charge in [0.2, 0.25) is 0 Å². The van der Waals surface area contributed by atoms with E-state index in [-0.39, 0.29) is 39.5 Å². The first-order valence-corrected chi connectivity index (χ1v) is 20.5. The second-order valence-electron chi connectivity index (χ2n) is 14.0. The molecule has 0 bridgehead atoms. The maximum atomic E-state index is 13.3. The summed E-state index contributed by atoms with van der Waals surface area (Å²) >= 11 is 0. The second kappa shape index (κ2) is 23.7. The Balaban J connectivity index is 1.10. The average molecular weight is 817 g/mol. The maximum Gasteiger partial charge on any atom is 0.347 e. The fourth-order valence-corrected chi connectivity index (χ4v) is 5.97. The van der Waals surface area contributed by atoms with Gasteiger partial charge < -0.3 is 33.2 Å². The summed E-state index contributed by atoms with van der Waals surface area (Å²) in [5.74, 6) is -0.111. The molecule has 0 aliphatic heterocycles. The highest BCUT2D eigenvalue weighted by Crippen LogP contribution is 2.26. The Hall–Kier alpha value is -6.62. The zero-order valence-electron chi connectivity index (χ0n) is 34.4. The van der Waals surface area contributed by atoms with Gasteiger partial charge in [0.15, 0.2) is 0 Å². The molecular weight excluding hydrogens is 765 g/mol. The van der Waals surface area contributed by atoms with Crippen molar-refractivity contribution in [3.63, 3.8) is 0 Å². The summed E-state index contributed by atoms with van der Waals surface area (Å²) in [6.45, 7) is 5.64. The number of unbranched alkanes of at least 4 members (excludes halogenated alkanes) is 8. The minimum Gasteiger partial charge on any atom is -0.496 e. The van der Waals surface area contributed by atoms with Gasteiger partial charge in [0.1, 0.15) is 45.8 Å². The van der Waals surface area contributed by atoms with Crippen LogP contribution < -0.4 is 33.2 Å². The third-order valence-corrected chi connectivity index (χ3v) is 9.36. The summed E-state index contributed by atoms with van der Waals surface area (Å²) in [4.78, 5) is 52.0. The lowest BCUT2D eigenvalue weighted by Gasteiger charge is -2.11. The topological polar surface area (TPSA) is 133 Å². The molecule has 60 heavy (non-hydrogen) atoms. The molecule has 5 aromatic rings. The number of rotatable bonds is 23. The highest BCUT2D eigenvalue weighted by atomic mass is 16.6. The zero-order valence-corrected chi connectivity index (χ0v) is 34.4. The summed E-state index contributed by atoms with van der Waals surface area (Å²) in [5.41, 5.74) is 0.518. The Kier molecular flexibility index (Phi) is 17.6. The van der Waals surface area contributed by atoms with E-state index in [1.807, 2.05) is 0 Å². The molecular formula is C49H52O11. The molecule has 314 valence electrons. The van der Waals surface area contributed by atoms with Gasteiger partial charge in [0.05, 0.1) is 37.0 Å². The third kappa shape index (κ3) is 14.0. The predicted molar refractivity (Wildman–Crippen MR) is 227 cm³/mol. The van der Waals surface area contributed by atoms with Gasteiger partial charge in [0.25, 0.3) is 0 Å². The van der Waals surface area contributed by atoms with Crippen molar-refractivity contribution in [1.82, 2.24) is 0 Å². The van der Waals surface area contributed by atoms with Crippen LogP contribution in [0.15, 0.2) is 115 Å². The zero-order chi connectivity index (χ0) is 42.5. The number of carbonyl (C=O) groups excluding carboxylic acids is 4. The molecule has 0 N–H and O–H groups in total. The third-order valence-electron chi connectivity index (χ3n) is 9.36. The predicted octanol–water partition coefficient (Wildman–Crippen LogP) is 11.3. The minimum absolute atomic E-state index is 0.0283. The van der Waals surface area contributed by atoms with E-state index < -0.39 is 23.9 Å². The van der Waals surface area contributed by atoms with Crippen LogP contribution in [-0.2, 0) is 0 Å². The summed E-state index contributed by atoms with van der Waals surface area (Å²) in [5, 5.41) is 0. The molecule has 0 aliphatic rings. The summed E-state index contributed by atoms with van der Waals surface area (Å²) in [7, 11) is 1.38. The Morgan fingerprint density at radius 2 is 0.717 bits per heavy atom. The van der Waals surface area contributed by atoms with E-state index in [9.17, 15) is 19.2 Å². The number of benzene rings is 5. The number of esters is 4. The number of hydrogen-bond donors (Lipinski definition) is 0. The van der Waals surface area contributed by atoms with Gasteiger partial charge in [-0.1, -0.05) is 65.2 Å². The van der Waals surface area contributed by atoms with Gasteiger partial charge in [0, 0.05) is 0 Å². The van der Waals surface area contributed by atoms with Gasteiger partial charge in [-0.05, 0) is 128 Å². The van der Waals surface area contributed by atoms with E-state index in [2.05, 4.69) is 13.8 Å². The van der Waals surface area contributed by atoms with Gasteiger partial charge in [-0.2, -0.15) is 0 Å². The van der Waals surface area contributed by atoms with Gasteiger partial charge in [-0.3, -0.25) is 0 Å². The van der Waals surface area contributed by atoms with Crippen LogP contribution >= 0.6 is 0 Å². The molecule has 0 aliphatic carbocycles. The Bertz CT molecular complexity index is 2130. The van der Waals surface area contributed by atoms with Crippen molar-refractivity contribution in [1.29, 1.82) is 0 Å². The molecule has 0 spiro atoms. The first-order chi connectivity index (χ1) is 29.3. The molecule has 5 aromatic carbocycles. The van der Waals surface area contributed by atoms with Crippen LogP contribution in [0.2, 0.25) is 0 Å². The van der Waals surface area contributed by atoms with Gasteiger partial charge in [-0.15, -0.1) is 0 Å². The smallest absolute Gasteiger partial charge is 0.347 e. The van der Waals surface area contributed by atoms with E-state index in [0.29, 0.717) is 36.2 Å². The minimum atomic E-state index is -0.803. The average Bonchev–Trinajstić information content (AvgIpc) is 3.27. The largest absolute Gasteiger partial charge is 0.496 e. The molecule has 0 heterocycles. The number of carbonyl (C=O) groups is 4. The van der Waals surface area contributed by atoms with Crippen LogP contribution in [0.25, 0.3) is 0 Å². The summed E-state index contributed by atoms with van der Waals surface area (Å²) in [6.07, 6.45) is 11.5. The van der Waals surface area contributed by atoms with E-state index in [4.69, 9.17) is 33.2 Å². The molecule has 5 rings (SSSR count). The number of ether oxygens (including phenoxy) is 7. The SMILES string of the molecule is CCCCCCCOc1ccc(OC(=O)c2ccc(OC(=O)c3ccc(OC)c(C(=O)Oc4ccc(C(=O)Oc5ccc(OCCCCCCC)cc5)cc4)c3)cc2)cc1. The Labute approximate surface area is 351 Å². The molecule has 0 saturated carbocycles. The molecule has 0 amide bonds. The second-order valence-corrected chi connectivity index (χ2v) is 14.0. The fourth-order valence-electron chi connectivity index (χ4n) is 5.97. The van der Waals surface area contributed by atoms with Gasteiger partial charge >= 0.3 is 23.9 Å². The van der Waals surface area contributed by atoms with Crippen molar-refractivity contribution in [2.24, 2.45) is 0 Å². The maximum absolute atomic E-state index is 13.3. The Morgan fingerprint density at radius 3 is 1.12 bits per heavy atom. The molecule has 0 saturated heterocycles. The lowest BCUT2D eigenvalue weighted by molar-refractivity contribution is 0.0722. The van der Waals surface area contributed by atoms with Crippen molar-refractivity contribution in [3.8, 4) is 40.2 Å². The van der Waals surface area contributed by atoms with Crippen LogP contribution in [0.3, 0.4) is 0 Å². The first-order valence-electron chi connectivity index (χ1n) is 20.5. The summed E-state index contributed by atoms with van der Waals surface area (Å²) in [6, 6.07) is 29.6. The van der Waals surface area contributed by atoms with Crippen molar-refractivity contribution in [3.05, 3.63) is 138 Å². The van der Waals surface area contributed by atoms with Gasteiger partial charge in [-0.25, -0.2) is 19.2 Å². The highest BCUT2D eigenvalue weighted by Gasteiger charge is 2.20. The van der Waals surface area contributed by atoms with Crippen LogP contribution in [0.4, 0.5) is 0 Å². The number of hydrogen-bond acceptors (Lipinski definition) is 11. The van der Waals surface area contributed by atoms with Crippen LogP contribution in [-0.4, -0.2) is 44.2 Å². The van der Waals surface area contributed by atoms with Crippen molar-refractivity contribution in [2.45, 2.75) is 78.1 Å². The standard InChI is InChI=1S/C49H52O11/c1-4-6-8-10-12-32-55-38-23-27-42(28-24-38)57-46(50)35-14-19-40(20-15-35)59-48(52)37-18-31-45(54-3)44(34-37)49(53)60-41-21-16-36(17-22-41)47(51)58-43-29-25-39(26-30-43)56-33-13-11-9-7-5-2/h14-31,34H,4-13,32-33H2,1-3H3. The lowest BCUT2D eigenvalue weighted by atomic mass is 10.1. The quantitative estimate of drug-likeness (QED) is 0.0354. The molecule has 0 radical (unpaired) electrons. The molecule has 0 atom stereocenters. The molecule has 0 fully saturated rings. The molecule has 0 unspecified atom stereocenters. The molecule has 11 nitrogen and oxygen atoms in total. The van der Waals surface area contributed by atoms with Crippen molar-refractivity contribution < 1.29 is 52.3 Å². The van der Waals surface area contributed by atoms with E-state index >= 15 is 0 Å². The monoisotopic (exact) mass is 816 g/mol. The highest BCUT2D eigenvalue weighted by molar-refractivity contribution is 5.99. The molecule has 11 heteroatoms. The van der Waals surface area contributed by atoms with E-state index in [1.54, 1.807) is 48.5 Å². The van der Waals surface area contributed by atoms with Crippen LogP contribution in [0, 0.1) is 0 Å². The van der Waals surface area contributed by atoms with E-state index in [0.717, 1.165) is 25.7 Å². The first kappa shape index (κ1) is 44.5. The van der Waals surface area contributed by atoms with Crippen LogP contribution in [0.1, 0.15) is 119 Å². The van der Waals surface area contributed by atoms with Crippen molar-refractivity contribution in [2.75, 3.05) is 20.3 Å². The molecule has 0 aromatic heterocycles. The van der Waals surface area contributed by atoms with Crippen LogP contribution in [0.5, 0.6) is 40.2 Å². The lowest BCUT2D eigenvalue weighted by Crippen LogP contribution is -2.14. The van der Waals surface area contributed by atoms with Crippen molar-refractivity contribution >= 4 is 23.9 Å². The Morgan fingerprint density at radius 1 is 0.383 bits per heavy atom. The summed E-state index contributed by atoms with van der Waals surface area (Å²) < 4.78 is 39.0.